The Morgan fingerprint density at radius 3 is 2.52 bits per heavy atom. The highest BCUT2D eigenvalue weighted by Crippen LogP contribution is 2.21. The number of sulfone groups is 1. The molecular formula is C15H21NO4S. The molecule has 0 saturated carbocycles. The number of rotatable bonds is 6. The van der Waals surface area contributed by atoms with E-state index in [1.165, 1.54) is 5.56 Å². The second-order valence-electron chi connectivity index (χ2n) is 5.48. The number of aryl methyl sites for hydroxylation is 1. The van der Waals surface area contributed by atoms with Crippen LogP contribution in [-0.4, -0.2) is 48.5 Å². The SMILES string of the molecule is CCc1ccccc1CN(CC(=O)O)C1CCS(=O)(=O)C1. The second kappa shape index (κ2) is 6.58. The van der Waals surface area contributed by atoms with E-state index in [0.29, 0.717) is 13.0 Å². The molecule has 0 radical (unpaired) electrons. The van der Waals surface area contributed by atoms with Crippen LogP contribution in [0, 0.1) is 0 Å². The first-order valence-electron chi connectivity index (χ1n) is 7.14. The van der Waals surface area contributed by atoms with Crippen LogP contribution in [0.25, 0.3) is 0 Å². The summed E-state index contributed by atoms with van der Waals surface area (Å²) >= 11 is 0. The summed E-state index contributed by atoms with van der Waals surface area (Å²) in [6, 6.07) is 7.70. The first-order chi connectivity index (χ1) is 9.91. The van der Waals surface area contributed by atoms with Gasteiger partial charge in [-0.3, -0.25) is 9.69 Å². The van der Waals surface area contributed by atoms with Gasteiger partial charge in [0.1, 0.15) is 0 Å². The summed E-state index contributed by atoms with van der Waals surface area (Å²) in [5, 5.41) is 9.09. The number of hydrogen-bond acceptors (Lipinski definition) is 4. The zero-order valence-corrected chi connectivity index (χ0v) is 13.0. The van der Waals surface area contributed by atoms with Crippen LogP contribution >= 0.6 is 0 Å². The molecule has 6 heteroatoms. The van der Waals surface area contributed by atoms with Gasteiger partial charge >= 0.3 is 5.97 Å². The van der Waals surface area contributed by atoms with E-state index in [-0.39, 0.29) is 24.1 Å². The Morgan fingerprint density at radius 1 is 1.33 bits per heavy atom. The van der Waals surface area contributed by atoms with Crippen molar-refractivity contribution < 1.29 is 18.3 Å². The topological polar surface area (TPSA) is 74.7 Å². The third kappa shape index (κ3) is 4.28. The van der Waals surface area contributed by atoms with E-state index < -0.39 is 15.8 Å². The standard InChI is InChI=1S/C15H21NO4S/c1-2-12-5-3-4-6-13(12)9-16(10-15(17)18)14-7-8-21(19,20)11-14/h3-6,14H,2,7-11H2,1H3,(H,17,18). The molecule has 1 heterocycles. The molecule has 0 amide bonds. The molecule has 1 aromatic rings. The summed E-state index contributed by atoms with van der Waals surface area (Å²) in [4.78, 5) is 12.9. The van der Waals surface area contributed by atoms with E-state index in [0.717, 1.165) is 12.0 Å². The predicted molar refractivity (Wildman–Crippen MR) is 80.9 cm³/mol. The van der Waals surface area contributed by atoms with E-state index in [1.807, 2.05) is 24.3 Å². The van der Waals surface area contributed by atoms with Crippen molar-refractivity contribution in [3.8, 4) is 0 Å². The first-order valence-corrected chi connectivity index (χ1v) is 8.96. The van der Waals surface area contributed by atoms with Gasteiger partial charge < -0.3 is 5.11 Å². The van der Waals surface area contributed by atoms with Crippen LogP contribution in [-0.2, 0) is 27.6 Å². The van der Waals surface area contributed by atoms with Crippen molar-refractivity contribution in [2.45, 2.75) is 32.4 Å². The van der Waals surface area contributed by atoms with Crippen molar-refractivity contribution in [1.29, 1.82) is 0 Å². The van der Waals surface area contributed by atoms with Gasteiger partial charge in [-0.15, -0.1) is 0 Å². The molecule has 1 unspecified atom stereocenters. The lowest BCUT2D eigenvalue weighted by Crippen LogP contribution is -2.39. The number of carboxylic acid groups (broad SMARTS) is 1. The highest BCUT2D eigenvalue weighted by Gasteiger charge is 2.33. The molecular weight excluding hydrogens is 290 g/mol. The molecule has 1 aliphatic heterocycles. The molecule has 1 fully saturated rings. The normalized spacial score (nSPS) is 20.8. The van der Waals surface area contributed by atoms with Gasteiger partial charge in [0.05, 0.1) is 18.1 Å². The maximum atomic E-state index is 11.6. The summed E-state index contributed by atoms with van der Waals surface area (Å²) in [7, 11) is -3.02. The number of nitrogens with zero attached hydrogens (tertiary/aromatic N) is 1. The smallest absolute Gasteiger partial charge is 0.317 e. The average Bonchev–Trinajstić information content (AvgIpc) is 2.78. The molecule has 1 N–H and O–H groups in total. The monoisotopic (exact) mass is 311 g/mol. The zero-order chi connectivity index (χ0) is 15.5. The van der Waals surface area contributed by atoms with Crippen molar-refractivity contribution >= 4 is 15.8 Å². The Morgan fingerprint density at radius 2 is 2.00 bits per heavy atom. The Bertz CT molecular complexity index is 612. The molecule has 116 valence electrons. The highest BCUT2D eigenvalue weighted by molar-refractivity contribution is 7.91. The van der Waals surface area contributed by atoms with E-state index in [2.05, 4.69) is 6.92 Å². The van der Waals surface area contributed by atoms with Crippen molar-refractivity contribution in [3.63, 3.8) is 0 Å². The van der Waals surface area contributed by atoms with Crippen LogP contribution in [0.3, 0.4) is 0 Å². The van der Waals surface area contributed by atoms with Gasteiger partial charge in [0.25, 0.3) is 0 Å². The summed E-state index contributed by atoms with van der Waals surface area (Å²) in [5.74, 6) is -0.703. The number of benzene rings is 1. The second-order valence-corrected chi connectivity index (χ2v) is 7.71. The van der Waals surface area contributed by atoms with Crippen LogP contribution in [0.5, 0.6) is 0 Å². The summed E-state index contributed by atoms with van der Waals surface area (Å²) in [5.41, 5.74) is 2.25. The van der Waals surface area contributed by atoms with Crippen molar-refractivity contribution in [1.82, 2.24) is 4.90 Å². The lowest BCUT2D eigenvalue weighted by molar-refractivity contribution is -0.139. The van der Waals surface area contributed by atoms with Crippen LogP contribution in [0.2, 0.25) is 0 Å². The van der Waals surface area contributed by atoms with E-state index in [9.17, 15) is 13.2 Å². The molecule has 0 aliphatic carbocycles. The Hall–Kier alpha value is -1.40. The molecule has 21 heavy (non-hydrogen) atoms. The van der Waals surface area contributed by atoms with Crippen LogP contribution < -0.4 is 0 Å². The first kappa shape index (κ1) is 16.0. The van der Waals surface area contributed by atoms with Gasteiger partial charge in [-0.1, -0.05) is 31.2 Å². The minimum atomic E-state index is -3.02. The average molecular weight is 311 g/mol. The molecule has 0 spiro atoms. The zero-order valence-electron chi connectivity index (χ0n) is 12.2. The van der Waals surface area contributed by atoms with Crippen LogP contribution in [0.1, 0.15) is 24.5 Å². The van der Waals surface area contributed by atoms with Crippen LogP contribution in [0.4, 0.5) is 0 Å². The minimum Gasteiger partial charge on any atom is -0.480 e. The fourth-order valence-corrected chi connectivity index (χ4v) is 4.59. The van der Waals surface area contributed by atoms with E-state index >= 15 is 0 Å². The lowest BCUT2D eigenvalue weighted by atomic mass is 10.0. The van der Waals surface area contributed by atoms with Crippen LogP contribution in [0.15, 0.2) is 24.3 Å². The fourth-order valence-electron chi connectivity index (χ4n) is 2.83. The predicted octanol–water partition coefficient (Wildman–Crippen LogP) is 1.32. The highest BCUT2D eigenvalue weighted by atomic mass is 32.2. The number of carbonyl (C=O) groups is 1. The van der Waals surface area contributed by atoms with Gasteiger partial charge in [0.15, 0.2) is 9.84 Å². The Labute approximate surface area is 125 Å². The molecule has 1 aromatic carbocycles. The Balaban J connectivity index is 2.19. The quantitative estimate of drug-likeness (QED) is 0.857. The molecule has 1 aliphatic rings. The molecule has 0 bridgehead atoms. The number of aliphatic carboxylic acids is 1. The van der Waals surface area contributed by atoms with Gasteiger partial charge in [0, 0.05) is 12.6 Å². The molecule has 1 saturated heterocycles. The lowest BCUT2D eigenvalue weighted by Gasteiger charge is -2.27. The summed E-state index contributed by atoms with van der Waals surface area (Å²) in [6.07, 6.45) is 1.39. The summed E-state index contributed by atoms with van der Waals surface area (Å²) < 4.78 is 23.3. The van der Waals surface area contributed by atoms with Crippen molar-refractivity contribution in [2.75, 3.05) is 18.1 Å². The van der Waals surface area contributed by atoms with Gasteiger partial charge in [0.2, 0.25) is 0 Å². The number of carboxylic acids is 1. The minimum absolute atomic E-state index is 0.0641. The molecule has 2 rings (SSSR count). The largest absolute Gasteiger partial charge is 0.480 e. The maximum Gasteiger partial charge on any atom is 0.317 e. The van der Waals surface area contributed by atoms with E-state index in [1.54, 1.807) is 4.90 Å². The third-order valence-electron chi connectivity index (χ3n) is 3.94. The Kier molecular flexibility index (Phi) is 5.00. The van der Waals surface area contributed by atoms with Gasteiger partial charge in [-0.05, 0) is 24.0 Å². The third-order valence-corrected chi connectivity index (χ3v) is 5.69. The van der Waals surface area contributed by atoms with Gasteiger partial charge in [-0.2, -0.15) is 0 Å². The van der Waals surface area contributed by atoms with Crippen molar-refractivity contribution in [2.24, 2.45) is 0 Å². The van der Waals surface area contributed by atoms with Crippen molar-refractivity contribution in [3.05, 3.63) is 35.4 Å². The number of hydrogen-bond donors (Lipinski definition) is 1. The fraction of sp³-hybridized carbons (Fsp3) is 0.533. The maximum absolute atomic E-state index is 11.6. The molecule has 1 atom stereocenters. The van der Waals surface area contributed by atoms with E-state index in [4.69, 9.17) is 5.11 Å². The van der Waals surface area contributed by atoms with Gasteiger partial charge in [-0.25, -0.2) is 8.42 Å². The molecule has 5 nitrogen and oxygen atoms in total. The molecule has 0 aromatic heterocycles. The summed E-state index contributed by atoms with van der Waals surface area (Å²) in [6.45, 7) is 2.41.